The molecule has 0 aliphatic heterocycles. The number of carbonyl (C=O) groups is 1. The molecule has 2 aliphatic carbocycles. The molecule has 1 aromatic carbocycles. The lowest BCUT2D eigenvalue weighted by molar-refractivity contribution is -0.133. The standard InChI is InChI=1S/C15H18ClNO2/c1-17(8-14(18)9-2-3-9)15(19)13-6-10-4-5-11(16)7-12(10)13/h4-5,7,9,13-14,18H,2-3,6,8H2,1H3. The number of likely N-dealkylation sites (N-methyl/N-ethyl adjacent to an activating group) is 1. The molecule has 1 aromatic rings. The highest BCUT2D eigenvalue weighted by Crippen LogP contribution is 2.38. The molecule has 102 valence electrons. The van der Waals surface area contributed by atoms with E-state index >= 15 is 0 Å². The average Bonchev–Trinajstić information content (AvgIpc) is 3.17. The minimum atomic E-state index is -0.368. The van der Waals surface area contributed by atoms with Gasteiger partial charge in [-0.1, -0.05) is 17.7 Å². The molecular formula is C15H18ClNO2. The fourth-order valence-corrected chi connectivity index (χ4v) is 2.94. The molecule has 0 radical (unpaired) electrons. The monoisotopic (exact) mass is 279 g/mol. The lowest BCUT2D eigenvalue weighted by Gasteiger charge is -2.33. The van der Waals surface area contributed by atoms with Crippen LogP contribution >= 0.6 is 11.6 Å². The molecule has 1 fully saturated rings. The van der Waals surface area contributed by atoms with E-state index in [9.17, 15) is 9.90 Å². The van der Waals surface area contributed by atoms with E-state index in [1.807, 2.05) is 18.2 Å². The summed E-state index contributed by atoms with van der Waals surface area (Å²) in [5, 5.41) is 10.6. The van der Waals surface area contributed by atoms with Crippen molar-refractivity contribution < 1.29 is 9.90 Å². The maximum atomic E-state index is 12.3. The molecule has 19 heavy (non-hydrogen) atoms. The van der Waals surface area contributed by atoms with Crippen molar-refractivity contribution >= 4 is 17.5 Å². The van der Waals surface area contributed by atoms with Gasteiger partial charge in [-0.25, -0.2) is 0 Å². The largest absolute Gasteiger partial charge is 0.391 e. The van der Waals surface area contributed by atoms with Crippen LogP contribution in [0.2, 0.25) is 5.02 Å². The Balaban J connectivity index is 1.65. The third-order valence-corrected chi connectivity index (χ3v) is 4.44. The number of hydrogen-bond acceptors (Lipinski definition) is 2. The van der Waals surface area contributed by atoms with Gasteiger partial charge in [-0.05, 0) is 48.4 Å². The second-order valence-electron chi connectivity index (χ2n) is 5.72. The Labute approximate surface area is 118 Å². The molecule has 0 aromatic heterocycles. The topological polar surface area (TPSA) is 40.5 Å². The van der Waals surface area contributed by atoms with Crippen molar-refractivity contribution in [2.75, 3.05) is 13.6 Å². The second-order valence-corrected chi connectivity index (χ2v) is 6.16. The summed E-state index contributed by atoms with van der Waals surface area (Å²) in [6, 6.07) is 5.73. The van der Waals surface area contributed by atoms with Gasteiger partial charge >= 0.3 is 0 Å². The fourth-order valence-electron chi connectivity index (χ4n) is 2.76. The number of amides is 1. The van der Waals surface area contributed by atoms with Crippen molar-refractivity contribution in [3.05, 3.63) is 34.3 Å². The lowest BCUT2D eigenvalue weighted by atomic mass is 9.77. The van der Waals surface area contributed by atoms with Gasteiger partial charge in [0.15, 0.2) is 0 Å². The summed E-state index contributed by atoms with van der Waals surface area (Å²) in [5.74, 6) is 0.415. The number of nitrogens with zero attached hydrogens (tertiary/aromatic N) is 1. The molecule has 1 saturated carbocycles. The molecule has 0 spiro atoms. The molecule has 0 heterocycles. The van der Waals surface area contributed by atoms with Crippen molar-refractivity contribution in [2.24, 2.45) is 5.92 Å². The Kier molecular flexibility index (Phi) is 3.27. The first-order valence-corrected chi connectivity index (χ1v) is 7.15. The number of hydrogen-bond donors (Lipinski definition) is 1. The van der Waals surface area contributed by atoms with Crippen molar-refractivity contribution in [1.82, 2.24) is 4.90 Å². The van der Waals surface area contributed by atoms with Crippen LogP contribution in [0.1, 0.15) is 29.9 Å². The normalized spacial score (nSPS) is 22.4. The number of halogens is 1. The van der Waals surface area contributed by atoms with E-state index < -0.39 is 0 Å². The first-order valence-electron chi connectivity index (χ1n) is 6.77. The second kappa shape index (κ2) is 4.80. The third kappa shape index (κ3) is 2.49. The minimum absolute atomic E-state index is 0.0786. The predicted octanol–water partition coefficient (Wildman–Crippen LogP) is 2.21. The molecule has 0 saturated heterocycles. The van der Waals surface area contributed by atoms with E-state index in [-0.39, 0.29) is 17.9 Å². The molecule has 2 atom stereocenters. The smallest absolute Gasteiger partial charge is 0.230 e. The number of rotatable bonds is 4. The summed E-state index contributed by atoms with van der Waals surface area (Å²) in [6.45, 7) is 0.440. The lowest BCUT2D eigenvalue weighted by Crippen LogP contribution is -2.41. The molecule has 2 aliphatic rings. The molecule has 3 nitrogen and oxygen atoms in total. The summed E-state index contributed by atoms with van der Waals surface area (Å²) in [7, 11) is 1.77. The summed E-state index contributed by atoms with van der Waals surface area (Å²) in [6.07, 6.45) is 2.60. The summed E-state index contributed by atoms with van der Waals surface area (Å²) >= 11 is 5.97. The highest BCUT2D eigenvalue weighted by molar-refractivity contribution is 6.30. The molecule has 4 heteroatoms. The van der Waals surface area contributed by atoms with Gasteiger partial charge < -0.3 is 10.0 Å². The van der Waals surface area contributed by atoms with Gasteiger partial charge in [0, 0.05) is 18.6 Å². The third-order valence-electron chi connectivity index (χ3n) is 4.21. The molecule has 1 amide bonds. The zero-order valence-electron chi connectivity index (χ0n) is 11.0. The van der Waals surface area contributed by atoms with Crippen LogP contribution in [0.15, 0.2) is 18.2 Å². The zero-order chi connectivity index (χ0) is 13.6. The molecular weight excluding hydrogens is 262 g/mol. The van der Waals surface area contributed by atoms with E-state index in [2.05, 4.69) is 0 Å². The van der Waals surface area contributed by atoms with Crippen molar-refractivity contribution in [1.29, 1.82) is 0 Å². The van der Waals surface area contributed by atoms with Gasteiger partial charge in [-0.15, -0.1) is 0 Å². The first kappa shape index (κ1) is 12.9. The molecule has 0 bridgehead atoms. The summed E-state index contributed by atoms with van der Waals surface area (Å²) in [4.78, 5) is 14.0. The molecule has 3 rings (SSSR count). The first-order chi connectivity index (χ1) is 9.06. The van der Waals surface area contributed by atoms with E-state index in [0.717, 1.165) is 24.8 Å². The zero-order valence-corrected chi connectivity index (χ0v) is 11.7. The number of benzene rings is 1. The average molecular weight is 280 g/mol. The molecule has 1 N–H and O–H groups in total. The Hall–Kier alpha value is -1.06. The highest BCUT2D eigenvalue weighted by Gasteiger charge is 2.36. The number of aliphatic hydroxyl groups is 1. The van der Waals surface area contributed by atoms with Crippen molar-refractivity contribution in [2.45, 2.75) is 31.3 Å². The van der Waals surface area contributed by atoms with Crippen LogP contribution in [0.4, 0.5) is 0 Å². The maximum absolute atomic E-state index is 12.3. The van der Waals surface area contributed by atoms with Crippen molar-refractivity contribution in [3.8, 4) is 0 Å². The van der Waals surface area contributed by atoms with E-state index in [1.165, 1.54) is 5.56 Å². The van der Waals surface area contributed by atoms with Crippen LogP contribution in [0.3, 0.4) is 0 Å². The van der Waals surface area contributed by atoms with Crippen molar-refractivity contribution in [3.63, 3.8) is 0 Å². The number of carbonyl (C=O) groups excluding carboxylic acids is 1. The van der Waals surface area contributed by atoms with Gasteiger partial charge in [0.25, 0.3) is 0 Å². The van der Waals surface area contributed by atoms with E-state index in [1.54, 1.807) is 11.9 Å². The van der Waals surface area contributed by atoms with Gasteiger partial charge in [0.1, 0.15) is 0 Å². The Morgan fingerprint density at radius 1 is 1.53 bits per heavy atom. The van der Waals surface area contributed by atoms with Crippen LogP contribution in [-0.2, 0) is 11.2 Å². The quantitative estimate of drug-likeness (QED) is 0.918. The van der Waals surface area contributed by atoms with Gasteiger partial charge in [0.2, 0.25) is 5.91 Å². The van der Waals surface area contributed by atoms with E-state index in [4.69, 9.17) is 11.6 Å². The van der Waals surface area contributed by atoms with E-state index in [0.29, 0.717) is 17.5 Å². The maximum Gasteiger partial charge on any atom is 0.230 e. The van der Waals surface area contributed by atoms with Gasteiger partial charge in [-0.2, -0.15) is 0 Å². The van der Waals surface area contributed by atoms with Gasteiger partial charge in [-0.3, -0.25) is 4.79 Å². The summed E-state index contributed by atoms with van der Waals surface area (Å²) in [5.41, 5.74) is 2.25. The SMILES string of the molecule is CN(CC(O)C1CC1)C(=O)C1Cc2ccc(Cl)cc21. The summed E-state index contributed by atoms with van der Waals surface area (Å²) < 4.78 is 0. The predicted molar refractivity (Wildman–Crippen MR) is 74.3 cm³/mol. The fraction of sp³-hybridized carbons (Fsp3) is 0.533. The molecule has 2 unspecified atom stereocenters. The number of aliphatic hydroxyl groups excluding tert-OH is 1. The Morgan fingerprint density at radius 3 is 2.95 bits per heavy atom. The Morgan fingerprint density at radius 2 is 2.26 bits per heavy atom. The highest BCUT2D eigenvalue weighted by atomic mass is 35.5. The minimum Gasteiger partial charge on any atom is -0.391 e. The van der Waals surface area contributed by atoms with Gasteiger partial charge in [0.05, 0.1) is 12.0 Å². The van der Waals surface area contributed by atoms with Crippen LogP contribution in [0.5, 0.6) is 0 Å². The Bertz CT molecular complexity index is 513. The number of fused-ring (bicyclic) bond motifs is 1. The van der Waals surface area contributed by atoms with Crippen LogP contribution in [0.25, 0.3) is 0 Å². The van der Waals surface area contributed by atoms with Crippen LogP contribution in [0, 0.1) is 5.92 Å². The van der Waals surface area contributed by atoms with Crippen LogP contribution in [-0.4, -0.2) is 35.6 Å². The van der Waals surface area contributed by atoms with Crippen LogP contribution < -0.4 is 0 Å².